The summed E-state index contributed by atoms with van der Waals surface area (Å²) < 4.78 is 38.5. The lowest BCUT2D eigenvalue weighted by Gasteiger charge is -2.19. The SMILES string of the molecule is O=C1Nc2cc(C(F)(F)F)c(Cl)c([N+](=O)[O-])c2/C(=N/O)C1=O. The third-order valence-electron chi connectivity index (χ3n) is 2.73. The molecule has 0 saturated heterocycles. The Hall–Kier alpha value is -2.69. The molecule has 1 aromatic carbocycles. The summed E-state index contributed by atoms with van der Waals surface area (Å²) in [5.74, 6) is -2.85. The van der Waals surface area contributed by atoms with Gasteiger partial charge in [-0.2, -0.15) is 13.2 Å². The average molecular weight is 338 g/mol. The van der Waals surface area contributed by atoms with Crippen LogP contribution in [0.3, 0.4) is 0 Å². The van der Waals surface area contributed by atoms with E-state index < -0.39 is 56.0 Å². The topological polar surface area (TPSA) is 122 Å². The van der Waals surface area contributed by atoms with Gasteiger partial charge in [-0.1, -0.05) is 16.8 Å². The van der Waals surface area contributed by atoms with Crippen molar-refractivity contribution in [2.75, 3.05) is 5.32 Å². The molecule has 0 radical (unpaired) electrons. The van der Waals surface area contributed by atoms with Gasteiger partial charge >= 0.3 is 6.18 Å². The Morgan fingerprint density at radius 1 is 1.36 bits per heavy atom. The van der Waals surface area contributed by atoms with E-state index in [-0.39, 0.29) is 0 Å². The zero-order valence-corrected chi connectivity index (χ0v) is 10.8. The van der Waals surface area contributed by atoms with Crippen LogP contribution in [-0.2, 0) is 15.8 Å². The summed E-state index contributed by atoms with van der Waals surface area (Å²) in [5, 5.41) is 22.7. The molecule has 2 rings (SSSR count). The van der Waals surface area contributed by atoms with Crippen molar-refractivity contribution >= 4 is 40.4 Å². The summed E-state index contributed by atoms with van der Waals surface area (Å²) in [6.07, 6.45) is -5.04. The van der Waals surface area contributed by atoms with E-state index in [1.165, 1.54) is 0 Å². The number of carbonyl (C=O) groups excluding carboxylic acids is 2. The van der Waals surface area contributed by atoms with Crippen LogP contribution in [0.15, 0.2) is 11.2 Å². The van der Waals surface area contributed by atoms with Crippen LogP contribution in [0.4, 0.5) is 24.5 Å². The largest absolute Gasteiger partial charge is 0.418 e. The third kappa shape index (κ3) is 2.24. The van der Waals surface area contributed by atoms with Gasteiger partial charge in [0.25, 0.3) is 17.4 Å². The maximum atomic E-state index is 12.8. The van der Waals surface area contributed by atoms with Gasteiger partial charge in [-0.25, -0.2) is 0 Å². The van der Waals surface area contributed by atoms with Gasteiger partial charge in [-0.05, 0) is 6.07 Å². The van der Waals surface area contributed by atoms with Gasteiger partial charge < -0.3 is 10.5 Å². The van der Waals surface area contributed by atoms with Crippen LogP contribution in [0.5, 0.6) is 0 Å². The maximum absolute atomic E-state index is 12.8. The number of halogens is 4. The standard InChI is InChI=1S/C10H3ClF3N3O5/c11-5-2(10(12,13)14)1-3-4(7(5)17(21)22)6(16-20)8(18)9(19)15-3/h1,20H,(H,15,19)/b16-6-. The highest BCUT2D eigenvalue weighted by atomic mass is 35.5. The molecule has 1 amide bonds. The van der Waals surface area contributed by atoms with Crippen LogP contribution in [-0.4, -0.2) is 27.5 Å². The first-order valence-electron chi connectivity index (χ1n) is 5.25. The van der Waals surface area contributed by atoms with E-state index >= 15 is 0 Å². The minimum Gasteiger partial charge on any atom is -0.410 e. The summed E-state index contributed by atoms with van der Waals surface area (Å²) in [4.78, 5) is 32.6. The number of nitro groups is 1. The van der Waals surface area contributed by atoms with Crippen molar-refractivity contribution in [2.45, 2.75) is 6.18 Å². The minimum atomic E-state index is -5.04. The Kier molecular flexibility index (Phi) is 3.53. The second-order valence-corrected chi connectivity index (χ2v) is 4.37. The molecule has 0 atom stereocenters. The zero-order valence-electron chi connectivity index (χ0n) is 10.1. The molecule has 12 heteroatoms. The number of benzene rings is 1. The number of alkyl halides is 3. The number of nitrogens with zero attached hydrogens (tertiary/aromatic N) is 2. The molecule has 1 aliphatic heterocycles. The molecule has 1 aromatic rings. The lowest BCUT2D eigenvalue weighted by molar-refractivity contribution is -0.385. The van der Waals surface area contributed by atoms with Crippen molar-refractivity contribution in [3.05, 3.63) is 32.3 Å². The van der Waals surface area contributed by atoms with Crippen LogP contribution in [0, 0.1) is 10.1 Å². The summed E-state index contributed by atoms with van der Waals surface area (Å²) in [7, 11) is 0. The summed E-state index contributed by atoms with van der Waals surface area (Å²) in [6, 6.07) is 0.320. The summed E-state index contributed by atoms with van der Waals surface area (Å²) >= 11 is 5.41. The van der Waals surface area contributed by atoms with E-state index in [4.69, 9.17) is 16.8 Å². The molecule has 0 unspecified atom stereocenters. The van der Waals surface area contributed by atoms with E-state index in [1.54, 1.807) is 5.32 Å². The molecule has 0 aliphatic carbocycles. The molecule has 2 N–H and O–H groups in total. The van der Waals surface area contributed by atoms with Gasteiger partial charge in [-0.15, -0.1) is 0 Å². The second kappa shape index (κ2) is 4.94. The number of hydrogen-bond acceptors (Lipinski definition) is 6. The van der Waals surface area contributed by atoms with Gasteiger partial charge in [0.1, 0.15) is 10.6 Å². The number of Topliss-reactive ketones (excluding diaryl/α,β-unsaturated/α-hetero) is 1. The highest BCUT2D eigenvalue weighted by Crippen LogP contribution is 2.45. The average Bonchev–Trinajstić information content (AvgIpc) is 2.38. The van der Waals surface area contributed by atoms with Crippen LogP contribution >= 0.6 is 11.6 Å². The number of nitrogens with one attached hydrogen (secondary N) is 1. The monoisotopic (exact) mass is 337 g/mol. The van der Waals surface area contributed by atoms with Crippen molar-refractivity contribution in [2.24, 2.45) is 5.16 Å². The molecule has 0 bridgehead atoms. The summed E-state index contributed by atoms with van der Waals surface area (Å²) in [6.45, 7) is 0. The van der Waals surface area contributed by atoms with Crippen molar-refractivity contribution in [3.8, 4) is 0 Å². The number of carbonyl (C=O) groups is 2. The first kappa shape index (κ1) is 15.7. The van der Waals surface area contributed by atoms with Crippen LogP contribution in [0.25, 0.3) is 0 Å². The van der Waals surface area contributed by atoms with Crippen molar-refractivity contribution in [1.29, 1.82) is 0 Å². The number of amides is 1. The van der Waals surface area contributed by atoms with E-state index in [0.29, 0.717) is 6.07 Å². The highest BCUT2D eigenvalue weighted by Gasteiger charge is 2.44. The molecule has 8 nitrogen and oxygen atoms in total. The zero-order chi connectivity index (χ0) is 16.8. The highest BCUT2D eigenvalue weighted by molar-refractivity contribution is 6.72. The van der Waals surface area contributed by atoms with Crippen molar-refractivity contribution in [1.82, 2.24) is 0 Å². The molecule has 1 heterocycles. The normalized spacial score (nSPS) is 16.5. The molecule has 1 aliphatic rings. The lowest BCUT2D eigenvalue weighted by atomic mass is 9.95. The minimum absolute atomic E-state index is 0.320. The van der Waals surface area contributed by atoms with Gasteiger partial charge in [-0.3, -0.25) is 19.7 Å². The van der Waals surface area contributed by atoms with Gasteiger partial charge in [0, 0.05) is 0 Å². The fourth-order valence-electron chi connectivity index (χ4n) is 1.86. The molecular formula is C10H3ClF3N3O5. The first-order chi connectivity index (χ1) is 10.1. The maximum Gasteiger partial charge on any atom is 0.418 e. The number of anilines is 1. The van der Waals surface area contributed by atoms with Gasteiger partial charge in [0.05, 0.1) is 16.2 Å². The van der Waals surface area contributed by atoms with E-state index in [0.717, 1.165) is 0 Å². The van der Waals surface area contributed by atoms with E-state index in [9.17, 15) is 32.9 Å². The van der Waals surface area contributed by atoms with E-state index in [2.05, 4.69) is 5.16 Å². The first-order valence-corrected chi connectivity index (χ1v) is 5.63. The number of nitro benzene ring substituents is 1. The van der Waals surface area contributed by atoms with Crippen LogP contribution in [0.1, 0.15) is 11.1 Å². The molecule has 22 heavy (non-hydrogen) atoms. The Morgan fingerprint density at radius 3 is 2.41 bits per heavy atom. The molecule has 0 saturated carbocycles. The molecular weight excluding hydrogens is 335 g/mol. The van der Waals surface area contributed by atoms with E-state index in [1.807, 2.05) is 0 Å². The molecule has 0 fully saturated rings. The number of rotatable bonds is 1. The predicted molar refractivity (Wildman–Crippen MR) is 65.1 cm³/mol. The number of oxime groups is 1. The summed E-state index contributed by atoms with van der Waals surface area (Å²) in [5.41, 5.74) is -5.45. The molecule has 0 spiro atoms. The molecule has 0 aromatic heterocycles. The Bertz CT molecular complexity index is 759. The third-order valence-corrected chi connectivity index (χ3v) is 3.12. The smallest absolute Gasteiger partial charge is 0.410 e. The Labute approximate surface area is 123 Å². The fraction of sp³-hybridized carbons (Fsp3) is 0.100. The number of hydrogen-bond donors (Lipinski definition) is 2. The van der Waals surface area contributed by atoms with Crippen LogP contribution < -0.4 is 5.32 Å². The fourth-order valence-corrected chi connectivity index (χ4v) is 2.18. The Balaban J connectivity index is 2.94. The number of ketones is 1. The van der Waals surface area contributed by atoms with Gasteiger partial charge in [0.2, 0.25) is 0 Å². The lowest BCUT2D eigenvalue weighted by Crippen LogP contribution is -2.37. The second-order valence-electron chi connectivity index (χ2n) is 4.00. The number of fused-ring (bicyclic) bond motifs is 1. The predicted octanol–water partition coefficient (Wildman–Crippen LogP) is 1.97. The molecule has 116 valence electrons. The Morgan fingerprint density at radius 2 is 1.95 bits per heavy atom. The van der Waals surface area contributed by atoms with Gasteiger partial charge in [0.15, 0.2) is 5.71 Å². The van der Waals surface area contributed by atoms with Crippen molar-refractivity contribution < 1.29 is 32.9 Å². The van der Waals surface area contributed by atoms with Crippen molar-refractivity contribution in [3.63, 3.8) is 0 Å². The quantitative estimate of drug-likeness (QED) is 0.351. The van der Waals surface area contributed by atoms with Crippen LogP contribution in [0.2, 0.25) is 5.02 Å².